The Kier molecular flexibility index (Phi) is 44.8. The Morgan fingerprint density at radius 2 is 0.526 bits per heavy atom. The third kappa shape index (κ3) is 638. The maximum Gasteiger partial charge on any atom is 1.00 e. The van der Waals surface area contributed by atoms with Gasteiger partial charge in [-0.3, -0.25) is 25.9 Å². The summed E-state index contributed by atoms with van der Waals surface area (Å²) in [4.78, 5) is 0. The van der Waals surface area contributed by atoms with E-state index in [0.29, 0.717) is 0 Å². The summed E-state index contributed by atoms with van der Waals surface area (Å²) in [5, 5.41) is 0. The Morgan fingerprint density at radius 3 is 0.526 bits per heavy atom. The van der Waals surface area contributed by atoms with E-state index in [2.05, 4.69) is 0 Å². The fraction of sp³-hybridized carbons (Fsp3) is 0. The smallest absolute Gasteiger partial charge is 0.759 e. The predicted octanol–water partition coefficient (Wildman–Crippen LogP) is -15.3. The maximum absolute atomic E-state index is 8.74. The van der Waals surface area contributed by atoms with Crippen LogP contribution in [0.3, 0.4) is 0 Å². The summed E-state index contributed by atoms with van der Waals surface area (Å²) < 4.78 is 99.7. The molecule has 0 aliphatic heterocycles. The minimum absolute atomic E-state index is 0. The van der Waals surface area contributed by atoms with Gasteiger partial charge in [0, 0.05) is 20.8 Å². The summed E-state index contributed by atoms with van der Waals surface area (Å²) in [6, 6.07) is 0. The number of hydrogen-bond donors (Lipinski definition) is 2. The molecule has 0 spiro atoms. The zero-order valence-corrected chi connectivity index (χ0v) is 20.7. The molecule has 0 heterocycles. The second kappa shape index (κ2) is 19.7. The van der Waals surface area contributed by atoms with Crippen LogP contribution in [0.2, 0.25) is 0 Å². The van der Waals surface area contributed by atoms with Crippen molar-refractivity contribution in [2.75, 3.05) is 0 Å². The normalized spacial score (nSPS) is 9.16. The summed E-state index contributed by atoms with van der Waals surface area (Å²) in [7, 11) is -15.0. The second-order valence-electron chi connectivity index (χ2n) is 1.26. The van der Waals surface area contributed by atoms with E-state index >= 15 is 0 Å². The van der Waals surface area contributed by atoms with Crippen molar-refractivity contribution in [2.24, 2.45) is 0 Å². The molecule has 0 atom stereocenters. The van der Waals surface area contributed by atoms with E-state index in [1.165, 1.54) is 0 Å². The molecule has 96 valence electrons. The van der Waals surface area contributed by atoms with Gasteiger partial charge in [-0.1, -0.05) is 0 Å². The van der Waals surface area contributed by atoms with Crippen LogP contribution in [-0.4, -0.2) is 52.6 Å². The van der Waals surface area contributed by atoms with Crippen molar-refractivity contribution in [3.8, 4) is 0 Å². The van der Waals surface area contributed by atoms with Gasteiger partial charge in [0.1, 0.15) is 0 Å². The Bertz CT molecular complexity index is 346. The van der Waals surface area contributed by atoms with Gasteiger partial charge in [0.2, 0.25) is 0 Å². The van der Waals surface area contributed by atoms with Crippen LogP contribution < -0.4 is 118 Å². The minimum atomic E-state index is -5.17. The van der Waals surface area contributed by atoms with Crippen molar-refractivity contribution >= 4 is 31.2 Å². The van der Waals surface area contributed by atoms with Gasteiger partial charge >= 0.3 is 129 Å². The molecule has 0 radical (unpaired) electrons. The van der Waals surface area contributed by atoms with Gasteiger partial charge in [-0.25, -0.2) is 0 Å². The molecule has 0 saturated heterocycles. The Morgan fingerprint density at radius 1 is 0.526 bits per heavy atom. The summed E-state index contributed by atoms with van der Waals surface area (Å²) >= 11 is 0. The van der Waals surface area contributed by atoms with E-state index in [4.69, 9.17) is 52.6 Å². The fourth-order valence-corrected chi connectivity index (χ4v) is 0. The molecule has 0 aromatic rings. The van der Waals surface area contributed by atoms with E-state index in [1.807, 2.05) is 0 Å². The molecule has 19 heavy (non-hydrogen) atoms. The van der Waals surface area contributed by atoms with Crippen molar-refractivity contribution in [2.45, 2.75) is 0 Å². The van der Waals surface area contributed by atoms with Gasteiger partial charge in [0.25, 0.3) is 0 Å². The largest absolute Gasteiger partial charge is 1.00 e. The van der Waals surface area contributed by atoms with Gasteiger partial charge in [-0.05, 0) is 0 Å². The van der Waals surface area contributed by atoms with E-state index in [1.54, 1.807) is 0 Å². The first-order valence-corrected chi connectivity index (χ1v) is 6.10. The molecule has 0 amide bonds. The predicted molar refractivity (Wildman–Crippen MR) is 35.1 cm³/mol. The third-order valence-corrected chi connectivity index (χ3v) is 0. The van der Waals surface area contributed by atoms with Crippen LogP contribution in [0.1, 0.15) is 0 Å². The van der Waals surface area contributed by atoms with E-state index < -0.39 is 31.2 Å². The van der Waals surface area contributed by atoms with Gasteiger partial charge in [-0.2, -0.15) is 8.42 Å². The van der Waals surface area contributed by atoms with E-state index in [0.717, 1.165) is 0 Å². The van der Waals surface area contributed by atoms with E-state index in [-0.39, 0.29) is 118 Å². The van der Waals surface area contributed by atoms with Gasteiger partial charge < -0.3 is 18.2 Å². The first kappa shape index (κ1) is 43.3. The molecule has 12 nitrogen and oxygen atoms in total. The van der Waals surface area contributed by atoms with Gasteiger partial charge in [-0.15, -0.1) is 0 Å². The quantitative estimate of drug-likeness (QED) is 0.226. The standard InChI is InChI=1S/4Na.3H2O4S/c;;;;3*1-5(2,3)4/h;;;;3*(H2,1,2,3,4)/q4*+1;;;/p-4. The maximum atomic E-state index is 8.74. The van der Waals surface area contributed by atoms with Crippen molar-refractivity contribution in [3.63, 3.8) is 0 Å². The average molecular weight is 382 g/mol. The Balaban J connectivity index is -0.0000000206. The molecule has 0 aromatic heterocycles. The molecule has 0 fully saturated rings. The van der Waals surface area contributed by atoms with Gasteiger partial charge in [0.15, 0.2) is 0 Å². The number of rotatable bonds is 0. The molecule has 0 aliphatic rings. The van der Waals surface area contributed by atoms with Crippen LogP contribution in [-0.2, 0) is 31.2 Å². The van der Waals surface area contributed by atoms with E-state index in [9.17, 15) is 0 Å². The van der Waals surface area contributed by atoms with Crippen LogP contribution in [0.15, 0.2) is 0 Å². The summed E-state index contributed by atoms with van der Waals surface area (Å²) in [6.45, 7) is 0. The van der Waals surface area contributed by atoms with Crippen LogP contribution in [0.5, 0.6) is 0 Å². The Labute approximate surface area is 198 Å². The second-order valence-corrected chi connectivity index (χ2v) is 3.79. The average Bonchev–Trinajstić information content (AvgIpc) is 1.41. The molecule has 0 saturated carbocycles. The van der Waals surface area contributed by atoms with Crippen molar-refractivity contribution < 1.29 is 171 Å². The fourth-order valence-electron chi connectivity index (χ4n) is 0. The Hall–Kier alpha value is 3.61. The molecule has 2 N–H and O–H groups in total. The zero-order valence-electron chi connectivity index (χ0n) is 10.2. The van der Waals surface area contributed by atoms with Crippen molar-refractivity contribution in [3.05, 3.63) is 0 Å². The minimum Gasteiger partial charge on any atom is -0.759 e. The van der Waals surface area contributed by atoms with Crippen LogP contribution in [0, 0.1) is 0 Å². The molecule has 0 bridgehead atoms. The summed E-state index contributed by atoms with van der Waals surface area (Å²) in [5.41, 5.74) is 0. The van der Waals surface area contributed by atoms with Gasteiger partial charge in [0.05, 0.1) is 0 Å². The van der Waals surface area contributed by atoms with Crippen LogP contribution >= 0.6 is 0 Å². The number of hydrogen-bond acceptors (Lipinski definition) is 10. The monoisotopic (exact) mass is 382 g/mol. The molecular formula is H2Na4O12S3. The van der Waals surface area contributed by atoms with Crippen LogP contribution in [0.25, 0.3) is 0 Å². The molecule has 0 aromatic carbocycles. The summed E-state index contributed by atoms with van der Waals surface area (Å²) in [6.07, 6.45) is 0. The van der Waals surface area contributed by atoms with Crippen molar-refractivity contribution in [1.29, 1.82) is 0 Å². The molecule has 0 aliphatic carbocycles. The zero-order chi connectivity index (χ0) is 13.5. The topological polar surface area (TPSA) is 235 Å². The van der Waals surface area contributed by atoms with Crippen molar-refractivity contribution in [1.82, 2.24) is 0 Å². The molecule has 0 rings (SSSR count). The summed E-state index contributed by atoms with van der Waals surface area (Å²) in [5.74, 6) is 0. The first-order chi connectivity index (χ1) is 6.00. The SMILES string of the molecule is O=S(=O)(O)O.O=S(=O)([O-])[O-].O=S(=O)([O-])[O-].[Na+].[Na+].[Na+].[Na+]. The van der Waals surface area contributed by atoms with Crippen LogP contribution in [0.4, 0.5) is 0 Å². The molecular weight excluding hydrogens is 380 g/mol. The first-order valence-electron chi connectivity index (χ1n) is 2.03. The molecule has 0 unspecified atom stereocenters. The molecule has 19 heteroatoms. The third-order valence-electron chi connectivity index (χ3n) is 0.